The Kier molecular flexibility index (Phi) is 6.62. The fraction of sp³-hybridized carbons (Fsp3) is 0.737. The maximum atomic E-state index is 12.8. The van der Waals surface area contributed by atoms with Crippen molar-refractivity contribution in [1.29, 1.82) is 0 Å². The Balaban J connectivity index is 1.99. The second-order valence-corrected chi connectivity index (χ2v) is 7.68. The van der Waals surface area contributed by atoms with Gasteiger partial charge in [0, 0.05) is 37.3 Å². The molecule has 1 amide bonds. The minimum absolute atomic E-state index is 0.135. The first-order valence-corrected chi connectivity index (χ1v) is 9.30. The number of carbonyl (C=O) groups excluding carboxylic acids is 1. The van der Waals surface area contributed by atoms with Crippen LogP contribution in [0.3, 0.4) is 0 Å². The molecule has 1 fully saturated rings. The van der Waals surface area contributed by atoms with E-state index in [-0.39, 0.29) is 12.3 Å². The highest BCUT2D eigenvalue weighted by Crippen LogP contribution is 2.23. The average molecular weight is 349 g/mol. The van der Waals surface area contributed by atoms with E-state index in [2.05, 4.69) is 18.9 Å². The number of carbonyl (C=O) groups is 2. The highest BCUT2D eigenvalue weighted by Gasteiger charge is 2.25. The lowest BCUT2D eigenvalue weighted by Gasteiger charge is -2.32. The van der Waals surface area contributed by atoms with Crippen LogP contribution in [-0.2, 0) is 22.6 Å². The van der Waals surface area contributed by atoms with Gasteiger partial charge in [0.25, 0.3) is 0 Å². The number of amides is 1. The highest BCUT2D eigenvalue weighted by molar-refractivity contribution is 5.79. The lowest BCUT2D eigenvalue weighted by molar-refractivity contribution is -0.137. The maximum absolute atomic E-state index is 12.8. The molecule has 0 saturated carbocycles. The van der Waals surface area contributed by atoms with Crippen LogP contribution in [0.1, 0.15) is 56.5 Å². The number of hydrogen-bond acceptors (Lipinski definition) is 3. The summed E-state index contributed by atoms with van der Waals surface area (Å²) in [5, 5.41) is 13.4. The molecule has 6 heteroatoms. The number of aromatic nitrogens is 2. The number of likely N-dealkylation sites (tertiary alicyclic amines) is 1. The second kappa shape index (κ2) is 8.50. The number of carboxylic acids is 1. The zero-order valence-electron chi connectivity index (χ0n) is 15.9. The molecule has 0 spiro atoms. The molecule has 2 rings (SSSR count). The third-order valence-corrected chi connectivity index (χ3v) is 5.04. The van der Waals surface area contributed by atoms with E-state index >= 15 is 0 Å². The van der Waals surface area contributed by atoms with Crippen LogP contribution >= 0.6 is 0 Å². The molecular formula is C19H31N3O3. The molecule has 2 heterocycles. The molecule has 140 valence electrons. The Morgan fingerprint density at radius 3 is 2.68 bits per heavy atom. The van der Waals surface area contributed by atoms with Gasteiger partial charge >= 0.3 is 5.97 Å². The molecule has 1 atom stereocenters. The van der Waals surface area contributed by atoms with Crippen LogP contribution in [0.4, 0.5) is 0 Å². The molecule has 1 aromatic heterocycles. The summed E-state index contributed by atoms with van der Waals surface area (Å²) in [6, 6.07) is 0. The molecule has 6 nitrogen and oxygen atoms in total. The standard InChI is InChI=1S/C19H31N3O3/c1-13(2)11-22-15(4)17(14(3)20-22)10-18(23)21-9-5-6-16(12-21)7-8-19(24)25/h13,16H,5-12H2,1-4H3,(H,24,25)/t16-/m0/s1. The summed E-state index contributed by atoms with van der Waals surface area (Å²) < 4.78 is 2.01. The van der Waals surface area contributed by atoms with Gasteiger partial charge in [-0.05, 0) is 44.9 Å². The van der Waals surface area contributed by atoms with Crippen molar-refractivity contribution in [3.63, 3.8) is 0 Å². The predicted octanol–water partition coefficient (Wildman–Crippen LogP) is 2.80. The van der Waals surface area contributed by atoms with Gasteiger partial charge in [0.05, 0.1) is 12.1 Å². The zero-order valence-corrected chi connectivity index (χ0v) is 15.9. The van der Waals surface area contributed by atoms with Crippen LogP contribution in [0, 0.1) is 25.7 Å². The monoisotopic (exact) mass is 349 g/mol. The first kappa shape index (κ1) is 19.5. The number of hydrogen-bond donors (Lipinski definition) is 1. The third kappa shape index (κ3) is 5.31. The van der Waals surface area contributed by atoms with Crippen LogP contribution < -0.4 is 0 Å². The van der Waals surface area contributed by atoms with Gasteiger partial charge in [-0.2, -0.15) is 5.10 Å². The molecule has 0 aromatic carbocycles. The Labute approximate surface area is 150 Å². The number of aryl methyl sites for hydroxylation is 1. The largest absolute Gasteiger partial charge is 0.481 e. The Morgan fingerprint density at radius 2 is 2.04 bits per heavy atom. The number of aliphatic carboxylic acids is 1. The van der Waals surface area contributed by atoms with Gasteiger partial charge in [0.1, 0.15) is 0 Å². The fourth-order valence-corrected chi connectivity index (χ4v) is 3.63. The molecule has 0 aliphatic carbocycles. The van der Waals surface area contributed by atoms with Crippen LogP contribution in [0.2, 0.25) is 0 Å². The summed E-state index contributed by atoms with van der Waals surface area (Å²) in [5.41, 5.74) is 3.06. The van der Waals surface area contributed by atoms with Crippen molar-refractivity contribution in [3.8, 4) is 0 Å². The van der Waals surface area contributed by atoms with Crippen molar-refractivity contribution >= 4 is 11.9 Å². The molecule has 0 radical (unpaired) electrons. The predicted molar refractivity (Wildman–Crippen MR) is 96.4 cm³/mol. The van der Waals surface area contributed by atoms with Gasteiger partial charge in [-0.1, -0.05) is 13.8 Å². The minimum atomic E-state index is -0.757. The molecular weight excluding hydrogens is 318 g/mol. The van der Waals surface area contributed by atoms with E-state index in [0.29, 0.717) is 31.2 Å². The number of rotatable bonds is 7. The van der Waals surface area contributed by atoms with Gasteiger partial charge < -0.3 is 10.0 Å². The zero-order chi connectivity index (χ0) is 18.6. The van der Waals surface area contributed by atoms with Gasteiger partial charge in [0.2, 0.25) is 5.91 Å². The van der Waals surface area contributed by atoms with Crippen LogP contribution in [0.15, 0.2) is 0 Å². The summed E-state index contributed by atoms with van der Waals surface area (Å²) >= 11 is 0. The topological polar surface area (TPSA) is 75.4 Å². The van der Waals surface area contributed by atoms with Crippen molar-refractivity contribution in [2.45, 2.75) is 66.3 Å². The lowest BCUT2D eigenvalue weighted by Crippen LogP contribution is -2.41. The van der Waals surface area contributed by atoms with E-state index in [1.807, 2.05) is 23.4 Å². The smallest absolute Gasteiger partial charge is 0.303 e. The Morgan fingerprint density at radius 1 is 1.32 bits per heavy atom. The lowest BCUT2D eigenvalue weighted by atomic mass is 9.93. The van der Waals surface area contributed by atoms with E-state index in [1.54, 1.807) is 0 Å². The molecule has 1 aliphatic heterocycles. The van der Waals surface area contributed by atoms with Gasteiger partial charge in [-0.3, -0.25) is 14.3 Å². The van der Waals surface area contributed by atoms with Crippen molar-refractivity contribution in [1.82, 2.24) is 14.7 Å². The number of carboxylic acid groups (broad SMARTS) is 1. The minimum Gasteiger partial charge on any atom is -0.481 e. The Bertz CT molecular complexity index is 622. The van der Waals surface area contributed by atoms with Crippen molar-refractivity contribution in [3.05, 3.63) is 17.0 Å². The van der Waals surface area contributed by atoms with Crippen LogP contribution in [-0.4, -0.2) is 44.8 Å². The van der Waals surface area contributed by atoms with E-state index in [0.717, 1.165) is 42.9 Å². The molecule has 0 unspecified atom stereocenters. The van der Waals surface area contributed by atoms with Gasteiger partial charge in [0.15, 0.2) is 0 Å². The van der Waals surface area contributed by atoms with E-state index in [1.165, 1.54) is 0 Å². The summed E-state index contributed by atoms with van der Waals surface area (Å²) in [7, 11) is 0. The molecule has 0 bridgehead atoms. The summed E-state index contributed by atoms with van der Waals surface area (Å²) in [6.45, 7) is 10.7. The average Bonchev–Trinajstić information content (AvgIpc) is 2.80. The summed E-state index contributed by atoms with van der Waals surface area (Å²) in [5.74, 6) is 0.195. The van der Waals surface area contributed by atoms with Crippen molar-refractivity contribution in [2.24, 2.45) is 11.8 Å². The molecule has 25 heavy (non-hydrogen) atoms. The highest BCUT2D eigenvalue weighted by atomic mass is 16.4. The number of nitrogens with zero attached hydrogens (tertiary/aromatic N) is 3. The van der Waals surface area contributed by atoms with E-state index in [4.69, 9.17) is 5.11 Å². The fourth-order valence-electron chi connectivity index (χ4n) is 3.63. The van der Waals surface area contributed by atoms with Crippen molar-refractivity contribution in [2.75, 3.05) is 13.1 Å². The van der Waals surface area contributed by atoms with Gasteiger partial charge in [-0.25, -0.2) is 0 Å². The number of piperidine rings is 1. The molecule has 1 aliphatic rings. The Hall–Kier alpha value is -1.85. The van der Waals surface area contributed by atoms with Crippen LogP contribution in [0.25, 0.3) is 0 Å². The van der Waals surface area contributed by atoms with Gasteiger partial charge in [-0.15, -0.1) is 0 Å². The van der Waals surface area contributed by atoms with Crippen LogP contribution in [0.5, 0.6) is 0 Å². The quantitative estimate of drug-likeness (QED) is 0.821. The molecule has 1 saturated heterocycles. The van der Waals surface area contributed by atoms with E-state index < -0.39 is 5.97 Å². The normalized spacial score (nSPS) is 18.0. The maximum Gasteiger partial charge on any atom is 0.303 e. The van der Waals surface area contributed by atoms with E-state index in [9.17, 15) is 9.59 Å². The molecule has 1 N–H and O–H groups in total. The van der Waals surface area contributed by atoms with Crippen molar-refractivity contribution < 1.29 is 14.7 Å². The SMILES string of the molecule is Cc1nn(CC(C)C)c(C)c1CC(=O)N1CCC[C@@H](CCC(=O)O)C1. The summed E-state index contributed by atoms with van der Waals surface area (Å²) in [6.07, 6.45) is 3.21. The summed E-state index contributed by atoms with van der Waals surface area (Å²) in [4.78, 5) is 25.4. The third-order valence-electron chi connectivity index (χ3n) is 5.04. The first-order chi connectivity index (χ1) is 11.8. The first-order valence-electron chi connectivity index (χ1n) is 9.30. The molecule has 1 aromatic rings. The second-order valence-electron chi connectivity index (χ2n) is 7.68.